The topological polar surface area (TPSA) is 70.1 Å². The summed E-state index contributed by atoms with van der Waals surface area (Å²) in [7, 11) is 3.84. The number of Topliss-reactive ketones (excluding diaryl/α,β-unsaturated/α-hetero) is 1. The average molecular weight is 463 g/mol. The molecule has 180 valence electrons. The van der Waals surface area contributed by atoms with E-state index in [4.69, 9.17) is 4.74 Å². The van der Waals surface area contributed by atoms with Gasteiger partial charge < -0.3 is 19.6 Å². The zero-order valence-electron chi connectivity index (χ0n) is 20.7. The Hall–Kier alpha value is -3.38. The molecule has 1 aliphatic heterocycles. The van der Waals surface area contributed by atoms with Gasteiger partial charge in [-0.25, -0.2) is 0 Å². The van der Waals surface area contributed by atoms with Crippen LogP contribution in [-0.4, -0.2) is 60.4 Å². The van der Waals surface area contributed by atoms with E-state index >= 15 is 0 Å². The Morgan fingerprint density at radius 2 is 1.85 bits per heavy atom. The molecular weight excluding hydrogens is 428 g/mol. The van der Waals surface area contributed by atoms with E-state index in [9.17, 15) is 14.7 Å². The summed E-state index contributed by atoms with van der Waals surface area (Å²) in [6.45, 7) is 11.1. The first-order valence-electron chi connectivity index (χ1n) is 11.5. The number of aliphatic hydroxyl groups excluding tert-OH is 1. The molecule has 1 atom stereocenters. The van der Waals surface area contributed by atoms with E-state index in [2.05, 4.69) is 20.4 Å². The lowest BCUT2D eigenvalue weighted by atomic mass is 9.92. The summed E-state index contributed by atoms with van der Waals surface area (Å²) in [5.74, 6) is -0.429. The maximum absolute atomic E-state index is 13.2. The maximum Gasteiger partial charge on any atom is 0.295 e. The van der Waals surface area contributed by atoms with E-state index in [0.29, 0.717) is 36.9 Å². The van der Waals surface area contributed by atoms with Crippen molar-refractivity contribution in [3.63, 3.8) is 0 Å². The van der Waals surface area contributed by atoms with Gasteiger partial charge in [-0.3, -0.25) is 9.59 Å². The Morgan fingerprint density at radius 1 is 1.18 bits per heavy atom. The molecule has 0 aromatic heterocycles. The van der Waals surface area contributed by atoms with Crippen LogP contribution in [0, 0.1) is 6.92 Å². The molecule has 1 N–H and O–H groups in total. The number of nitrogens with zero attached hydrogens (tertiary/aromatic N) is 2. The summed E-state index contributed by atoms with van der Waals surface area (Å²) < 4.78 is 5.58. The minimum absolute atomic E-state index is 0.115. The minimum Gasteiger partial charge on any atom is -0.507 e. The summed E-state index contributed by atoms with van der Waals surface area (Å²) in [5.41, 5.74) is 3.32. The van der Waals surface area contributed by atoms with Gasteiger partial charge in [-0.15, -0.1) is 0 Å². The number of likely N-dealkylation sites (N-methyl/N-ethyl adjacent to an activating group) is 1. The molecule has 0 aliphatic carbocycles. The number of amides is 1. The van der Waals surface area contributed by atoms with Gasteiger partial charge in [0.15, 0.2) is 0 Å². The Labute approximate surface area is 202 Å². The Morgan fingerprint density at radius 3 is 2.41 bits per heavy atom. The monoisotopic (exact) mass is 462 g/mol. The normalized spacial score (nSPS) is 17.6. The summed E-state index contributed by atoms with van der Waals surface area (Å²) in [5, 5.41) is 11.3. The Balaban J connectivity index is 2.11. The number of ether oxygens (including phenoxy) is 1. The lowest BCUT2D eigenvalue weighted by Crippen LogP contribution is -2.35. The Kier molecular flexibility index (Phi) is 7.94. The van der Waals surface area contributed by atoms with Crippen molar-refractivity contribution in [3.05, 3.63) is 82.9 Å². The van der Waals surface area contributed by atoms with Crippen LogP contribution in [0.2, 0.25) is 0 Å². The van der Waals surface area contributed by atoms with Crippen LogP contribution < -0.4 is 4.74 Å². The van der Waals surface area contributed by atoms with Crippen LogP contribution in [0.15, 0.2) is 60.7 Å². The molecule has 6 nitrogen and oxygen atoms in total. The molecule has 6 heteroatoms. The molecule has 34 heavy (non-hydrogen) atoms. The van der Waals surface area contributed by atoms with E-state index in [0.717, 1.165) is 11.1 Å². The van der Waals surface area contributed by atoms with Gasteiger partial charge in [0, 0.05) is 18.7 Å². The molecule has 0 bridgehead atoms. The van der Waals surface area contributed by atoms with Gasteiger partial charge in [0.1, 0.15) is 18.1 Å². The molecule has 0 saturated carbocycles. The van der Waals surface area contributed by atoms with Crippen LogP contribution in [0.25, 0.3) is 5.76 Å². The largest absolute Gasteiger partial charge is 0.507 e. The van der Waals surface area contributed by atoms with E-state index in [1.807, 2.05) is 50.2 Å². The van der Waals surface area contributed by atoms with Crippen molar-refractivity contribution in [2.75, 3.05) is 33.8 Å². The number of aliphatic hydroxyl groups is 1. The van der Waals surface area contributed by atoms with Gasteiger partial charge in [-0.2, -0.15) is 0 Å². The second-order valence-corrected chi connectivity index (χ2v) is 9.19. The van der Waals surface area contributed by atoms with Crippen molar-refractivity contribution >= 4 is 17.4 Å². The first-order valence-corrected chi connectivity index (χ1v) is 11.5. The van der Waals surface area contributed by atoms with Crippen molar-refractivity contribution < 1.29 is 19.4 Å². The molecule has 3 rings (SSSR count). The predicted octanol–water partition coefficient (Wildman–Crippen LogP) is 4.67. The highest BCUT2D eigenvalue weighted by Crippen LogP contribution is 2.40. The van der Waals surface area contributed by atoms with Crippen molar-refractivity contribution in [1.82, 2.24) is 9.80 Å². The molecule has 0 unspecified atom stereocenters. The van der Waals surface area contributed by atoms with E-state index in [-0.39, 0.29) is 11.3 Å². The van der Waals surface area contributed by atoms with Crippen LogP contribution in [-0.2, 0) is 9.59 Å². The zero-order valence-corrected chi connectivity index (χ0v) is 20.7. The third-order valence-electron chi connectivity index (χ3n) is 6.07. The molecule has 0 radical (unpaired) electrons. The lowest BCUT2D eigenvalue weighted by molar-refractivity contribution is -0.140. The van der Waals surface area contributed by atoms with Crippen LogP contribution in [0.3, 0.4) is 0 Å². The maximum atomic E-state index is 13.2. The van der Waals surface area contributed by atoms with Crippen LogP contribution >= 0.6 is 0 Å². The van der Waals surface area contributed by atoms with Crippen LogP contribution in [0.4, 0.5) is 0 Å². The smallest absolute Gasteiger partial charge is 0.295 e. The first-order chi connectivity index (χ1) is 16.1. The average Bonchev–Trinajstić information content (AvgIpc) is 3.05. The van der Waals surface area contributed by atoms with Gasteiger partial charge >= 0.3 is 0 Å². The van der Waals surface area contributed by atoms with Crippen molar-refractivity contribution in [3.8, 4) is 5.75 Å². The summed E-state index contributed by atoms with van der Waals surface area (Å²) in [4.78, 5) is 29.8. The fourth-order valence-corrected chi connectivity index (χ4v) is 4.12. The molecule has 1 heterocycles. The number of rotatable bonds is 9. The van der Waals surface area contributed by atoms with Crippen LogP contribution in [0.1, 0.15) is 48.1 Å². The molecule has 2 aromatic rings. The first kappa shape index (κ1) is 25.2. The number of carbonyl (C=O) groups is 2. The Bertz CT molecular complexity index is 1100. The summed E-state index contributed by atoms with van der Waals surface area (Å²) >= 11 is 0. The van der Waals surface area contributed by atoms with Gasteiger partial charge in [0.05, 0.1) is 11.6 Å². The van der Waals surface area contributed by atoms with Gasteiger partial charge in [-0.1, -0.05) is 50.8 Å². The third kappa shape index (κ3) is 5.23. The summed E-state index contributed by atoms with van der Waals surface area (Å²) in [6, 6.07) is 12.5. The molecule has 0 spiro atoms. The molecule has 1 aliphatic rings. The standard InChI is InChI=1S/C28H34N2O4/c1-7-16-34-22-12-13-23(19(4)17-22)26(31)24-25(21-10-8-20(9-11-21)18(2)3)30(15-14-29(5)6)28(33)27(24)32/h7-13,17-18,25,31H,1,14-16H2,2-6H3/t25-/m0/s1. The highest BCUT2D eigenvalue weighted by molar-refractivity contribution is 6.46. The predicted molar refractivity (Wildman–Crippen MR) is 135 cm³/mol. The molecule has 1 fully saturated rings. The third-order valence-corrected chi connectivity index (χ3v) is 6.07. The van der Waals surface area contributed by atoms with Gasteiger partial charge in [-0.05, 0) is 61.8 Å². The van der Waals surface area contributed by atoms with Crippen molar-refractivity contribution in [1.29, 1.82) is 0 Å². The van der Waals surface area contributed by atoms with E-state index in [1.165, 1.54) is 5.56 Å². The molecule has 1 amide bonds. The molecular formula is C28H34N2O4. The quantitative estimate of drug-likeness (QED) is 0.254. The van der Waals surface area contributed by atoms with Crippen LogP contribution in [0.5, 0.6) is 5.75 Å². The SMILES string of the molecule is C=CCOc1ccc(C(O)=C2C(=O)C(=O)N(CCN(C)C)[C@H]2c2ccc(C(C)C)cc2)c(C)c1. The number of carbonyl (C=O) groups excluding carboxylic acids is 2. The molecule has 1 saturated heterocycles. The van der Waals surface area contributed by atoms with Crippen molar-refractivity contribution in [2.45, 2.75) is 32.7 Å². The fraction of sp³-hybridized carbons (Fsp3) is 0.357. The van der Waals surface area contributed by atoms with E-state index in [1.54, 1.807) is 29.2 Å². The number of hydrogen-bond acceptors (Lipinski definition) is 5. The molecule has 2 aromatic carbocycles. The second-order valence-electron chi connectivity index (χ2n) is 9.19. The minimum atomic E-state index is -0.666. The second kappa shape index (κ2) is 10.7. The lowest BCUT2D eigenvalue weighted by Gasteiger charge is -2.27. The number of likely N-dealkylation sites (tertiary alicyclic amines) is 1. The highest BCUT2D eigenvalue weighted by atomic mass is 16.5. The van der Waals surface area contributed by atoms with E-state index < -0.39 is 17.7 Å². The number of aryl methyl sites for hydroxylation is 1. The highest BCUT2D eigenvalue weighted by Gasteiger charge is 2.46. The van der Waals surface area contributed by atoms with Gasteiger partial charge in [0.25, 0.3) is 11.7 Å². The number of hydrogen-bond donors (Lipinski definition) is 1. The zero-order chi connectivity index (χ0) is 25.0. The summed E-state index contributed by atoms with van der Waals surface area (Å²) in [6.07, 6.45) is 1.66. The van der Waals surface area contributed by atoms with Crippen molar-refractivity contribution in [2.24, 2.45) is 0 Å². The fourth-order valence-electron chi connectivity index (χ4n) is 4.12. The number of benzene rings is 2. The number of ketones is 1. The van der Waals surface area contributed by atoms with Gasteiger partial charge in [0.2, 0.25) is 0 Å².